The Kier molecular flexibility index (Phi) is 4.02. The van der Waals surface area contributed by atoms with E-state index < -0.39 is 11.9 Å². The Morgan fingerprint density at radius 3 is 2.78 bits per heavy atom. The summed E-state index contributed by atoms with van der Waals surface area (Å²) >= 11 is 0. The molecule has 18 heavy (non-hydrogen) atoms. The Morgan fingerprint density at radius 2 is 2.11 bits per heavy atom. The predicted molar refractivity (Wildman–Crippen MR) is 65.8 cm³/mol. The zero-order valence-corrected chi connectivity index (χ0v) is 10.5. The number of carbonyl (C=O) groups excluding carboxylic acids is 2. The topological polar surface area (TPSA) is 51.5 Å². The highest BCUT2D eigenvalue weighted by Gasteiger charge is 2.37. The van der Waals surface area contributed by atoms with Crippen molar-refractivity contribution in [1.29, 1.82) is 0 Å². The van der Waals surface area contributed by atoms with Crippen LogP contribution in [0.5, 0.6) is 0 Å². The van der Waals surface area contributed by atoms with Crippen LogP contribution in [0.25, 0.3) is 0 Å². The van der Waals surface area contributed by atoms with Crippen LogP contribution in [0, 0.1) is 5.92 Å². The molecule has 0 aliphatic carbocycles. The maximum Gasteiger partial charge on any atom is 0.318 e. The smallest absolute Gasteiger partial charge is 0.318 e. The van der Waals surface area contributed by atoms with Crippen LogP contribution in [0.3, 0.4) is 0 Å². The molecule has 0 unspecified atom stereocenters. The summed E-state index contributed by atoms with van der Waals surface area (Å²) in [6, 6.07) is 3.96. The van der Waals surface area contributed by atoms with Crippen LogP contribution in [0.4, 0.5) is 0 Å². The third-order valence-corrected chi connectivity index (χ3v) is 3.29. The number of aryl methyl sites for hydroxylation is 1. The number of rotatable bonds is 5. The minimum absolute atomic E-state index is 0.0886. The van der Waals surface area contributed by atoms with Gasteiger partial charge in [-0.05, 0) is 25.0 Å². The Balaban J connectivity index is 1.77. The number of nitrogens with zero attached hydrogens (tertiary/aromatic N) is 2. The van der Waals surface area contributed by atoms with Gasteiger partial charge in [0.25, 0.3) is 0 Å². The Morgan fingerprint density at radius 1 is 1.39 bits per heavy atom. The summed E-state index contributed by atoms with van der Waals surface area (Å²) in [5.74, 6) is -1.08. The molecule has 0 saturated carbocycles. The minimum Gasteiger partial charge on any atom is -0.468 e. The molecule has 5 heteroatoms. The van der Waals surface area contributed by atoms with Crippen molar-refractivity contribution in [2.24, 2.45) is 5.92 Å². The van der Waals surface area contributed by atoms with Gasteiger partial charge in [-0.25, -0.2) is 0 Å². The SMILES string of the molecule is COC(=O)[C@H]1CCN(CCCn2cccc2)C1=O. The molecule has 1 saturated heterocycles. The molecule has 0 spiro atoms. The van der Waals surface area contributed by atoms with Crippen LogP contribution in [0.1, 0.15) is 12.8 Å². The normalized spacial score (nSPS) is 19.3. The van der Waals surface area contributed by atoms with Crippen molar-refractivity contribution >= 4 is 11.9 Å². The van der Waals surface area contributed by atoms with Gasteiger partial charge in [0.1, 0.15) is 5.92 Å². The molecule has 1 aromatic rings. The third kappa shape index (κ3) is 2.72. The lowest BCUT2D eigenvalue weighted by molar-refractivity contribution is -0.150. The highest BCUT2D eigenvalue weighted by Crippen LogP contribution is 2.19. The van der Waals surface area contributed by atoms with Crippen LogP contribution < -0.4 is 0 Å². The number of hydrogen-bond acceptors (Lipinski definition) is 3. The van der Waals surface area contributed by atoms with Gasteiger partial charge in [0.15, 0.2) is 0 Å². The van der Waals surface area contributed by atoms with Crippen molar-refractivity contribution in [2.75, 3.05) is 20.2 Å². The molecule has 1 aromatic heterocycles. The Bertz CT molecular complexity index is 414. The first kappa shape index (κ1) is 12.7. The first-order chi connectivity index (χ1) is 8.72. The molecular formula is C13H18N2O3. The molecule has 1 fully saturated rings. The maximum atomic E-state index is 11.9. The fraction of sp³-hybridized carbons (Fsp3) is 0.538. The standard InChI is InChI=1S/C13H18N2O3/c1-18-13(17)11-5-10-15(12(11)16)9-4-8-14-6-2-3-7-14/h2-3,6-7,11H,4-5,8-10H2,1H3/t11-/m0/s1. The first-order valence-corrected chi connectivity index (χ1v) is 6.19. The number of amides is 1. The van der Waals surface area contributed by atoms with E-state index in [-0.39, 0.29) is 5.91 Å². The maximum absolute atomic E-state index is 11.9. The Hall–Kier alpha value is -1.78. The molecule has 2 rings (SSSR count). The molecule has 5 nitrogen and oxygen atoms in total. The molecule has 1 aliphatic rings. The summed E-state index contributed by atoms with van der Waals surface area (Å²) < 4.78 is 6.71. The van der Waals surface area contributed by atoms with Gasteiger partial charge in [0.2, 0.25) is 5.91 Å². The number of aromatic nitrogens is 1. The van der Waals surface area contributed by atoms with Gasteiger partial charge in [0.05, 0.1) is 7.11 Å². The van der Waals surface area contributed by atoms with Gasteiger partial charge in [0, 0.05) is 32.0 Å². The van der Waals surface area contributed by atoms with E-state index in [1.165, 1.54) is 7.11 Å². The second-order valence-corrected chi connectivity index (χ2v) is 4.46. The molecule has 2 heterocycles. The minimum atomic E-state index is -0.582. The average molecular weight is 250 g/mol. The van der Waals surface area contributed by atoms with Crippen molar-refractivity contribution < 1.29 is 14.3 Å². The summed E-state index contributed by atoms with van der Waals surface area (Å²) in [5.41, 5.74) is 0. The van der Waals surface area contributed by atoms with Crippen molar-refractivity contribution in [3.8, 4) is 0 Å². The third-order valence-electron chi connectivity index (χ3n) is 3.29. The Labute approximate surface area is 106 Å². The first-order valence-electron chi connectivity index (χ1n) is 6.19. The van der Waals surface area contributed by atoms with E-state index in [1.807, 2.05) is 24.5 Å². The number of esters is 1. The van der Waals surface area contributed by atoms with Gasteiger partial charge in [-0.3, -0.25) is 9.59 Å². The lowest BCUT2D eigenvalue weighted by atomic mass is 10.1. The van der Waals surface area contributed by atoms with Gasteiger partial charge < -0.3 is 14.2 Å². The van der Waals surface area contributed by atoms with E-state index in [4.69, 9.17) is 0 Å². The van der Waals surface area contributed by atoms with Gasteiger partial charge in [-0.1, -0.05) is 0 Å². The number of carbonyl (C=O) groups is 2. The number of methoxy groups -OCH3 is 1. The summed E-state index contributed by atoms with van der Waals surface area (Å²) in [5, 5.41) is 0. The zero-order valence-electron chi connectivity index (χ0n) is 10.5. The molecule has 0 bridgehead atoms. The second-order valence-electron chi connectivity index (χ2n) is 4.46. The monoisotopic (exact) mass is 250 g/mol. The largest absolute Gasteiger partial charge is 0.468 e. The molecule has 0 radical (unpaired) electrons. The van der Waals surface area contributed by atoms with E-state index in [0.717, 1.165) is 13.0 Å². The van der Waals surface area contributed by atoms with Crippen molar-refractivity contribution in [3.63, 3.8) is 0 Å². The van der Waals surface area contributed by atoms with Crippen LogP contribution in [-0.2, 0) is 20.9 Å². The van der Waals surface area contributed by atoms with Gasteiger partial charge in [-0.15, -0.1) is 0 Å². The van der Waals surface area contributed by atoms with E-state index in [9.17, 15) is 9.59 Å². The fourth-order valence-electron chi connectivity index (χ4n) is 2.29. The van der Waals surface area contributed by atoms with Gasteiger partial charge >= 0.3 is 5.97 Å². The molecular weight excluding hydrogens is 232 g/mol. The molecule has 98 valence electrons. The quantitative estimate of drug-likeness (QED) is 0.576. The summed E-state index contributed by atoms with van der Waals surface area (Å²) in [7, 11) is 1.32. The number of ether oxygens (including phenoxy) is 1. The summed E-state index contributed by atoms with van der Waals surface area (Å²) in [6.45, 7) is 2.24. The predicted octanol–water partition coefficient (Wildman–Crippen LogP) is 0.900. The average Bonchev–Trinajstić information content (AvgIpc) is 3.00. The van der Waals surface area contributed by atoms with Crippen molar-refractivity contribution in [3.05, 3.63) is 24.5 Å². The molecule has 0 aromatic carbocycles. The zero-order chi connectivity index (χ0) is 13.0. The van der Waals surface area contributed by atoms with Crippen molar-refractivity contribution in [1.82, 2.24) is 9.47 Å². The van der Waals surface area contributed by atoms with Crippen LogP contribution >= 0.6 is 0 Å². The lowest BCUT2D eigenvalue weighted by Gasteiger charge is -2.16. The van der Waals surface area contributed by atoms with Crippen LogP contribution in [0.2, 0.25) is 0 Å². The van der Waals surface area contributed by atoms with E-state index in [1.54, 1.807) is 4.90 Å². The highest BCUT2D eigenvalue weighted by molar-refractivity contribution is 5.99. The summed E-state index contributed by atoms with van der Waals surface area (Å²) in [6.07, 6.45) is 5.48. The second kappa shape index (κ2) is 5.71. The number of likely N-dealkylation sites (tertiary alicyclic amines) is 1. The molecule has 1 atom stereocenters. The molecule has 0 N–H and O–H groups in total. The van der Waals surface area contributed by atoms with E-state index in [2.05, 4.69) is 9.30 Å². The van der Waals surface area contributed by atoms with E-state index >= 15 is 0 Å². The number of hydrogen-bond donors (Lipinski definition) is 0. The lowest BCUT2D eigenvalue weighted by Crippen LogP contribution is -2.32. The van der Waals surface area contributed by atoms with Crippen LogP contribution in [-0.4, -0.2) is 41.5 Å². The molecule has 1 aliphatic heterocycles. The fourth-order valence-corrected chi connectivity index (χ4v) is 2.29. The van der Waals surface area contributed by atoms with Crippen molar-refractivity contribution in [2.45, 2.75) is 19.4 Å². The summed E-state index contributed by atoms with van der Waals surface area (Å²) in [4.78, 5) is 25.0. The van der Waals surface area contributed by atoms with Gasteiger partial charge in [-0.2, -0.15) is 0 Å². The van der Waals surface area contributed by atoms with Crippen LogP contribution in [0.15, 0.2) is 24.5 Å². The van der Waals surface area contributed by atoms with E-state index in [0.29, 0.717) is 19.5 Å². The molecule has 1 amide bonds. The highest BCUT2D eigenvalue weighted by atomic mass is 16.5.